The third-order valence-electron chi connectivity index (χ3n) is 2.26. The molecule has 1 aromatic rings. The molecule has 0 fully saturated rings. The number of hydrogen-bond acceptors (Lipinski definition) is 2. The third-order valence-corrected chi connectivity index (χ3v) is 2.26. The van der Waals surface area contributed by atoms with Gasteiger partial charge in [-0.2, -0.15) is 0 Å². The highest BCUT2D eigenvalue weighted by Crippen LogP contribution is 2.16. The van der Waals surface area contributed by atoms with Crippen molar-refractivity contribution in [1.29, 1.82) is 0 Å². The summed E-state index contributed by atoms with van der Waals surface area (Å²) in [6, 6.07) is 8.51. The lowest BCUT2D eigenvalue weighted by Crippen LogP contribution is -2.17. The highest BCUT2D eigenvalue weighted by molar-refractivity contribution is 5.52. The van der Waals surface area contributed by atoms with Gasteiger partial charge in [-0.25, -0.2) is 0 Å². The summed E-state index contributed by atoms with van der Waals surface area (Å²) >= 11 is 0. The SMILES string of the molecule is CNC(C)/C=C/c1cccc(OC(C)C)c1. The molecule has 0 amide bonds. The van der Waals surface area contributed by atoms with Gasteiger partial charge in [0.1, 0.15) is 5.75 Å². The molecule has 0 aliphatic carbocycles. The molecule has 0 aromatic heterocycles. The first kappa shape index (κ1) is 12.8. The van der Waals surface area contributed by atoms with E-state index in [9.17, 15) is 0 Å². The van der Waals surface area contributed by atoms with Gasteiger partial charge >= 0.3 is 0 Å². The van der Waals surface area contributed by atoms with E-state index in [1.807, 2.05) is 33.0 Å². The Morgan fingerprint density at radius 1 is 1.25 bits per heavy atom. The van der Waals surface area contributed by atoms with Crippen LogP contribution >= 0.6 is 0 Å². The number of hydrogen-bond donors (Lipinski definition) is 1. The van der Waals surface area contributed by atoms with E-state index in [2.05, 4.69) is 36.5 Å². The van der Waals surface area contributed by atoms with Gasteiger partial charge in [0, 0.05) is 6.04 Å². The topological polar surface area (TPSA) is 21.3 Å². The molecule has 0 spiro atoms. The van der Waals surface area contributed by atoms with Crippen LogP contribution in [0, 0.1) is 0 Å². The van der Waals surface area contributed by atoms with Crippen molar-refractivity contribution in [3.63, 3.8) is 0 Å². The van der Waals surface area contributed by atoms with E-state index in [-0.39, 0.29) is 6.10 Å². The maximum atomic E-state index is 5.64. The zero-order valence-corrected chi connectivity index (χ0v) is 10.5. The number of likely N-dealkylation sites (N-methyl/N-ethyl adjacent to an activating group) is 1. The molecule has 0 aliphatic heterocycles. The highest BCUT2D eigenvalue weighted by Gasteiger charge is 1.97. The Morgan fingerprint density at radius 2 is 2.00 bits per heavy atom. The molecular weight excluding hydrogens is 198 g/mol. The normalized spacial score (nSPS) is 13.3. The molecular formula is C14H21NO. The van der Waals surface area contributed by atoms with Gasteiger partial charge in [-0.05, 0) is 45.5 Å². The minimum absolute atomic E-state index is 0.218. The molecule has 1 unspecified atom stereocenters. The summed E-state index contributed by atoms with van der Waals surface area (Å²) in [7, 11) is 1.95. The molecule has 1 N–H and O–H groups in total. The van der Waals surface area contributed by atoms with Gasteiger partial charge < -0.3 is 10.1 Å². The standard InChI is InChI=1S/C14H21NO/c1-11(2)16-14-7-5-6-13(10-14)9-8-12(3)15-4/h5-12,15H,1-4H3/b9-8+. The van der Waals surface area contributed by atoms with Gasteiger partial charge in [-0.3, -0.25) is 0 Å². The fraction of sp³-hybridized carbons (Fsp3) is 0.429. The molecule has 2 heteroatoms. The predicted octanol–water partition coefficient (Wildman–Crippen LogP) is 3.09. The molecule has 2 nitrogen and oxygen atoms in total. The Kier molecular flexibility index (Phi) is 5.06. The van der Waals surface area contributed by atoms with Crippen LogP contribution in [0.2, 0.25) is 0 Å². The summed E-state index contributed by atoms with van der Waals surface area (Å²) in [5.41, 5.74) is 1.17. The van der Waals surface area contributed by atoms with Crippen molar-refractivity contribution in [3.8, 4) is 5.75 Å². The zero-order chi connectivity index (χ0) is 12.0. The first-order chi connectivity index (χ1) is 7.61. The quantitative estimate of drug-likeness (QED) is 0.821. The summed E-state index contributed by atoms with van der Waals surface area (Å²) < 4.78 is 5.64. The van der Waals surface area contributed by atoms with Crippen LogP contribution in [0.25, 0.3) is 6.08 Å². The van der Waals surface area contributed by atoms with Crippen molar-refractivity contribution >= 4 is 6.08 Å². The van der Waals surface area contributed by atoms with Crippen LogP contribution in [0.15, 0.2) is 30.3 Å². The number of rotatable bonds is 5. The van der Waals surface area contributed by atoms with Gasteiger partial charge in [0.25, 0.3) is 0 Å². The number of benzene rings is 1. The lowest BCUT2D eigenvalue weighted by molar-refractivity contribution is 0.242. The van der Waals surface area contributed by atoms with E-state index in [0.29, 0.717) is 6.04 Å². The predicted molar refractivity (Wildman–Crippen MR) is 69.8 cm³/mol. The van der Waals surface area contributed by atoms with Crippen molar-refractivity contribution in [3.05, 3.63) is 35.9 Å². The minimum atomic E-state index is 0.218. The molecule has 1 aromatic carbocycles. The van der Waals surface area contributed by atoms with Gasteiger partial charge in [0.2, 0.25) is 0 Å². The molecule has 16 heavy (non-hydrogen) atoms. The van der Waals surface area contributed by atoms with Crippen molar-refractivity contribution in [1.82, 2.24) is 5.32 Å². The van der Waals surface area contributed by atoms with Gasteiger partial charge in [0.15, 0.2) is 0 Å². The van der Waals surface area contributed by atoms with Crippen LogP contribution in [-0.4, -0.2) is 19.2 Å². The van der Waals surface area contributed by atoms with E-state index in [4.69, 9.17) is 4.74 Å². The monoisotopic (exact) mass is 219 g/mol. The minimum Gasteiger partial charge on any atom is -0.491 e. The summed E-state index contributed by atoms with van der Waals surface area (Å²) in [6.07, 6.45) is 4.46. The van der Waals surface area contributed by atoms with Crippen LogP contribution in [0.1, 0.15) is 26.3 Å². The smallest absolute Gasteiger partial charge is 0.120 e. The van der Waals surface area contributed by atoms with Crippen LogP contribution in [0.4, 0.5) is 0 Å². The molecule has 0 saturated carbocycles. The second kappa shape index (κ2) is 6.33. The van der Waals surface area contributed by atoms with Gasteiger partial charge in [-0.1, -0.05) is 24.3 Å². The average molecular weight is 219 g/mol. The van der Waals surface area contributed by atoms with Crippen LogP contribution in [-0.2, 0) is 0 Å². The van der Waals surface area contributed by atoms with Crippen molar-refractivity contribution in [2.24, 2.45) is 0 Å². The van der Waals surface area contributed by atoms with E-state index in [1.165, 1.54) is 5.56 Å². The maximum absolute atomic E-state index is 5.64. The molecule has 1 rings (SSSR count). The Balaban J connectivity index is 2.70. The molecule has 88 valence electrons. The largest absolute Gasteiger partial charge is 0.491 e. The Labute approximate surface area is 98.3 Å². The number of nitrogens with one attached hydrogen (secondary N) is 1. The molecule has 0 bridgehead atoms. The first-order valence-corrected chi connectivity index (χ1v) is 5.74. The van der Waals surface area contributed by atoms with Gasteiger partial charge in [0.05, 0.1) is 6.10 Å². The summed E-state index contributed by atoms with van der Waals surface area (Å²) in [6.45, 7) is 6.18. The summed E-state index contributed by atoms with van der Waals surface area (Å²) in [5.74, 6) is 0.925. The van der Waals surface area contributed by atoms with Crippen LogP contribution < -0.4 is 10.1 Å². The first-order valence-electron chi connectivity index (χ1n) is 5.74. The second-order valence-electron chi connectivity index (χ2n) is 4.18. The second-order valence-corrected chi connectivity index (χ2v) is 4.18. The van der Waals surface area contributed by atoms with E-state index < -0.39 is 0 Å². The number of ether oxygens (including phenoxy) is 1. The molecule has 0 heterocycles. The fourth-order valence-electron chi connectivity index (χ4n) is 1.32. The van der Waals surface area contributed by atoms with Crippen molar-refractivity contribution < 1.29 is 4.74 Å². The van der Waals surface area contributed by atoms with E-state index >= 15 is 0 Å². The zero-order valence-electron chi connectivity index (χ0n) is 10.5. The highest BCUT2D eigenvalue weighted by atomic mass is 16.5. The Bertz CT molecular complexity index is 344. The third kappa shape index (κ3) is 4.49. The van der Waals surface area contributed by atoms with E-state index in [1.54, 1.807) is 0 Å². The summed E-state index contributed by atoms with van der Waals surface area (Å²) in [5, 5.41) is 3.16. The molecule has 0 saturated heterocycles. The van der Waals surface area contributed by atoms with Crippen LogP contribution in [0.3, 0.4) is 0 Å². The Hall–Kier alpha value is -1.28. The lowest BCUT2D eigenvalue weighted by Gasteiger charge is -2.10. The van der Waals surface area contributed by atoms with E-state index in [0.717, 1.165) is 5.75 Å². The summed E-state index contributed by atoms with van der Waals surface area (Å²) in [4.78, 5) is 0. The van der Waals surface area contributed by atoms with Crippen LogP contribution in [0.5, 0.6) is 5.75 Å². The molecule has 1 atom stereocenters. The average Bonchev–Trinajstić information content (AvgIpc) is 2.25. The maximum Gasteiger partial charge on any atom is 0.120 e. The molecule has 0 radical (unpaired) electrons. The lowest BCUT2D eigenvalue weighted by atomic mass is 10.1. The van der Waals surface area contributed by atoms with Crippen molar-refractivity contribution in [2.45, 2.75) is 32.9 Å². The van der Waals surface area contributed by atoms with Crippen molar-refractivity contribution in [2.75, 3.05) is 7.05 Å². The van der Waals surface area contributed by atoms with Gasteiger partial charge in [-0.15, -0.1) is 0 Å². The molecule has 0 aliphatic rings. The fourth-order valence-corrected chi connectivity index (χ4v) is 1.32. The Morgan fingerprint density at radius 3 is 2.62 bits per heavy atom.